The van der Waals surface area contributed by atoms with Crippen LogP contribution in [0.15, 0.2) is 78.5 Å². The van der Waals surface area contributed by atoms with E-state index in [0.717, 1.165) is 11.6 Å². The van der Waals surface area contributed by atoms with Crippen molar-refractivity contribution in [2.45, 2.75) is 0 Å². The molecule has 0 aliphatic carbocycles. The highest BCUT2D eigenvalue weighted by Crippen LogP contribution is 2.34. The maximum atomic E-state index is 14.2. The summed E-state index contributed by atoms with van der Waals surface area (Å²) in [6, 6.07) is 21.4. The van der Waals surface area contributed by atoms with Crippen molar-refractivity contribution in [1.29, 1.82) is 5.26 Å². The van der Waals surface area contributed by atoms with Crippen LogP contribution in [-0.2, 0) is 4.79 Å². The van der Waals surface area contributed by atoms with E-state index in [-0.39, 0.29) is 22.5 Å². The van der Waals surface area contributed by atoms with Crippen molar-refractivity contribution in [3.05, 3.63) is 95.2 Å². The van der Waals surface area contributed by atoms with Gasteiger partial charge in [0.15, 0.2) is 0 Å². The van der Waals surface area contributed by atoms with Crippen LogP contribution in [0.3, 0.4) is 0 Å². The number of carbonyl (C=O) groups excluding carboxylic acids is 1. The van der Waals surface area contributed by atoms with Gasteiger partial charge in [0.1, 0.15) is 17.4 Å². The van der Waals surface area contributed by atoms with Gasteiger partial charge in [-0.3, -0.25) is 4.79 Å². The molecule has 0 fully saturated rings. The first-order valence-electron chi connectivity index (χ1n) is 9.41. The molecule has 0 atom stereocenters. The van der Waals surface area contributed by atoms with Gasteiger partial charge in [0.25, 0.3) is 11.8 Å². The Morgan fingerprint density at radius 3 is 2.62 bits per heavy atom. The van der Waals surface area contributed by atoms with E-state index in [0.29, 0.717) is 16.6 Å². The zero-order chi connectivity index (χ0) is 22.5. The molecule has 4 aromatic rings. The van der Waals surface area contributed by atoms with Crippen LogP contribution in [0.2, 0.25) is 5.28 Å². The molecule has 0 aliphatic rings. The molecule has 3 aromatic carbocycles. The molecule has 1 heterocycles. The molecular formula is C24H14ClFN4O2. The number of aromatic nitrogens is 2. The zero-order valence-corrected chi connectivity index (χ0v) is 17.2. The van der Waals surface area contributed by atoms with Gasteiger partial charge in [-0.15, -0.1) is 0 Å². The van der Waals surface area contributed by atoms with Crippen LogP contribution >= 0.6 is 11.6 Å². The molecular weight excluding hydrogens is 431 g/mol. The van der Waals surface area contributed by atoms with Crippen LogP contribution in [0, 0.1) is 17.1 Å². The molecule has 156 valence electrons. The van der Waals surface area contributed by atoms with E-state index in [1.54, 1.807) is 42.5 Å². The monoisotopic (exact) mass is 444 g/mol. The summed E-state index contributed by atoms with van der Waals surface area (Å²) in [6.07, 6.45) is 2.30. The maximum Gasteiger partial charge on any atom is 0.266 e. The fourth-order valence-electron chi connectivity index (χ4n) is 3.03. The quantitative estimate of drug-likeness (QED) is 0.240. The second-order valence-electron chi connectivity index (χ2n) is 6.58. The van der Waals surface area contributed by atoms with E-state index < -0.39 is 11.7 Å². The molecule has 8 heteroatoms. The first-order chi connectivity index (χ1) is 15.5. The lowest BCUT2D eigenvalue weighted by Crippen LogP contribution is -2.13. The number of amides is 1. The van der Waals surface area contributed by atoms with Gasteiger partial charge in [0, 0.05) is 11.3 Å². The number of ether oxygens (including phenoxy) is 1. The number of hydrogen-bond donors (Lipinski definition) is 1. The lowest BCUT2D eigenvalue weighted by Gasteiger charge is -2.12. The third kappa shape index (κ3) is 4.56. The van der Waals surface area contributed by atoms with Crippen molar-refractivity contribution >= 4 is 40.0 Å². The van der Waals surface area contributed by atoms with E-state index in [1.165, 1.54) is 6.08 Å². The van der Waals surface area contributed by atoms with Crippen molar-refractivity contribution in [2.75, 3.05) is 5.32 Å². The topological polar surface area (TPSA) is 87.9 Å². The molecule has 0 bridgehead atoms. The fraction of sp³-hybridized carbons (Fsp3) is 0. The fourth-order valence-corrected chi connectivity index (χ4v) is 3.16. The van der Waals surface area contributed by atoms with Gasteiger partial charge in [0.05, 0.1) is 6.20 Å². The number of nitriles is 1. The predicted molar refractivity (Wildman–Crippen MR) is 120 cm³/mol. The number of fused-ring (bicyclic) bond motifs is 1. The molecule has 0 saturated carbocycles. The highest BCUT2D eigenvalue weighted by atomic mass is 35.5. The minimum absolute atomic E-state index is 0.156. The minimum Gasteiger partial charge on any atom is -0.436 e. The van der Waals surface area contributed by atoms with E-state index in [9.17, 15) is 14.4 Å². The molecule has 1 N–H and O–H groups in total. The summed E-state index contributed by atoms with van der Waals surface area (Å²) in [7, 11) is 0. The lowest BCUT2D eigenvalue weighted by atomic mass is 10.0. The van der Waals surface area contributed by atoms with Gasteiger partial charge < -0.3 is 10.1 Å². The van der Waals surface area contributed by atoms with E-state index in [2.05, 4.69) is 15.3 Å². The number of benzene rings is 3. The summed E-state index contributed by atoms with van der Waals surface area (Å²) in [5, 5.41) is 13.7. The average molecular weight is 445 g/mol. The summed E-state index contributed by atoms with van der Waals surface area (Å²) >= 11 is 5.77. The van der Waals surface area contributed by atoms with Crippen molar-refractivity contribution in [3.8, 4) is 17.7 Å². The summed E-state index contributed by atoms with van der Waals surface area (Å²) in [5.41, 5.74) is 0.805. The van der Waals surface area contributed by atoms with Crippen molar-refractivity contribution in [1.82, 2.24) is 9.97 Å². The Morgan fingerprint density at radius 1 is 1.09 bits per heavy atom. The third-order valence-corrected chi connectivity index (χ3v) is 4.69. The normalized spacial score (nSPS) is 11.1. The molecule has 1 amide bonds. The number of rotatable bonds is 5. The second-order valence-corrected chi connectivity index (χ2v) is 6.92. The summed E-state index contributed by atoms with van der Waals surface area (Å²) < 4.78 is 19.8. The summed E-state index contributed by atoms with van der Waals surface area (Å²) in [5.74, 6) is -1.58. The van der Waals surface area contributed by atoms with Crippen LogP contribution in [0.1, 0.15) is 5.56 Å². The lowest BCUT2D eigenvalue weighted by molar-refractivity contribution is -0.112. The van der Waals surface area contributed by atoms with Gasteiger partial charge in [-0.25, -0.2) is 4.98 Å². The maximum absolute atomic E-state index is 14.2. The van der Waals surface area contributed by atoms with Crippen LogP contribution in [0.4, 0.5) is 10.1 Å². The average Bonchev–Trinajstić information content (AvgIpc) is 2.81. The largest absolute Gasteiger partial charge is 0.436 e. The van der Waals surface area contributed by atoms with Crippen LogP contribution in [0.25, 0.3) is 16.8 Å². The zero-order valence-electron chi connectivity index (χ0n) is 16.4. The number of hydrogen-bond acceptors (Lipinski definition) is 5. The van der Waals surface area contributed by atoms with E-state index in [4.69, 9.17) is 16.3 Å². The molecule has 0 unspecified atom stereocenters. The van der Waals surface area contributed by atoms with Gasteiger partial charge in [-0.05, 0) is 46.6 Å². The standard InChI is InChI=1S/C24H14ClFN4O2/c25-24-28-14-20(26)23(30-24)32-21-11-10-15-6-4-5-9-18(15)19(21)12-16(13-27)22(31)29-17-7-2-1-3-8-17/h1-12,14H,(H,29,31)/b16-12+. The first-order valence-corrected chi connectivity index (χ1v) is 9.79. The minimum atomic E-state index is -0.806. The molecule has 0 aliphatic heterocycles. The molecule has 0 saturated heterocycles. The Balaban J connectivity index is 1.80. The van der Waals surface area contributed by atoms with E-state index in [1.807, 2.05) is 30.3 Å². The van der Waals surface area contributed by atoms with Crippen molar-refractivity contribution in [3.63, 3.8) is 0 Å². The second kappa shape index (κ2) is 9.25. The number of nitrogens with one attached hydrogen (secondary N) is 1. The first kappa shape index (κ1) is 21.0. The number of nitrogens with zero attached hydrogens (tertiary/aromatic N) is 3. The number of anilines is 1. The van der Waals surface area contributed by atoms with Crippen molar-refractivity contribution in [2.24, 2.45) is 0 Å². The Kier molecular flexibility index (Phi) is 6.06. The third-order valence-electron chi connectivity index (χ3n) is 4.51. The van der Waals surface area contributed by atoms with Crippen LogP contribution < -0.4 is 10.1 Å². The predicted octanol–water partition coefficient (Wildman–Crippen LogP) is 5.76. The number of carbonyl (C=O) groups is 1. The smallest absolute Gasteiger partial charge is 0.266 e. The van der Waals surface area contributed by atoms with Gasteiger partial charge in [0.2, 0.25) is 11.1 Å². The SMILES string of the molecule is N#C/C(=C\c1c(Oc2nc(Cl)ncc2F)ccc2ccccc12)C(=O)Nc1ccccc1. The highest BCUT2D eigenvalue weighted by molar-refractivity contribution is 6.28. The Bertz CT molecular complexity index is 1380. The van der Waals surface area contributed by atoms with Gasteiger partial charge in [-0.2, -0.15) is 14.6 Å². The number of halogens is 2. The summed E-state index contributed by atoms with van der Waals surface area (Å²) in [6.45, 7) is 0. The molecule has 0 spiro atoms. The van der Waals surface area contributed by atoms with Crippen molar-refractivity contribution < 1.29 is 13.9 Å². The van der Waals surface area contributed by atoms with Gasteiger partial charge >= 0.3 is 0 Å². The molecule has 0 radical (unpaired) electrons. The Labute approximate surface area is 187 Å². The molecule has 1 aromatic heterocycles. The van der Waals surface area contributed by atoms with Crippen LogP contribution in [0.5, 0.6) is 11.6 Å². The Morgan fingerprint density at radius 2 is 1.84 bits per heavy atom. The summed E-state index contributed by atoms with van der Waals surface area (Å²) in [4.78, 5) is 20.1. The highest BCUT2D eigenvalue weighted by Gasteiger charge is 2.16. The number of para-hydroxylation sites is 1. The molecule has 6 nitrogen and oxygen atoms in total. The van der Waals surface area contributed by atoms with Gasteiger partial charge in [-0.1, -0.05) is 48.5 Å². The molecule has 32 heavy (non-hydrogen) atoms. The van der Waals surface area contributed by atoms with E-state index >= 15 is 0 Å². The molecule has 4 rings (SSSR count). The van der Waals surface area contributed by atoms with Crippen LogP contribution in [-0.4, -0.2) is 15.9 Å². The Hall–Kier alpha value is -4.28.